The third kappa shape index (κ3) is 3.91. The summed E-state index contributed by atoms with van der Waals surface area (Å²) in [4.78, 5) is 20.8. The monoisotopic (exact) mass is 381 g/mol. The van der Waals surface area contributed by atoms with Crippen molar-refractivity contribution in [3.05, 3.63) is 22.4 Å². The first kappa shape index (κ1) is 19.6. The number of nitrogens with zero attached hydrogens (tertiary/aromatic N) is 4. The van der Waals surface area contributed by atoms with Crippen LogP contribution in [0.1, 0.15) is 18.3 Å². The molecule has 3 N–H and O–H groups in total. The third-order valence-corrected chi connectivity index (χ3v) is 4.29. The second kappa shape index (κ2) is 8.71. The van der Waals surface area contributed by atoms with Crippen molar-refractivity contribution >= 4 is 11.0 Å². The van der Waals surface area contributed by atoms with Crippen LogP contribution in [0.15, 0.2) is 11.1 Å². The van der Waals surface area contributed by atoms with E-state index in [1.54, 1.807) is 4.90 Å². The number of aliphatic hydroxyl groups excluding tert-OH is 2. The first-order valence-corrected chi connectivity index (χ1v) is 8.57. The van der Waals surface area contributed by atoms with Gasteiger partial charge >= 0.3 is 0 Å². The number of terminal acetylenes is 2. The highest BCUT2D eigenvalue weighted by atomic mass is 16.5. The maximum absolute atomic E-state index is 12.3. The molecule has 28 heavy (non-hydrogen) atoms. The Hall–Kier alpha value is -3.13. The van der Waals surface area contributed by atoms with E-state index >= 15 is 0 Å². The van der Waals surface area contributed by atoms with E-state index in [9.17, 15) is 15.0 Å². The summed E-state index contributed by atoms with van der Waals surface area (Å²) in [5.41, 5.74) is 0.131. The Labute approximate surface area is 161 Å². The SMILES string of the molecule is C#CCN(CC#C)CC#Cc1nn([C@H]2C[C@H](O)[C@@H](CO)O2)c2nc[nH]c(=O)c12. The molecule has 144 valence electrons. The van der Waals surface area contributed by atoms with Gasteiger partial charge in [0.1, 0.15) is 11.5 Å². The van der Waals surface area contributed by atoms with Crippen LogP contribution in [0.4, 0.5) is 0 Å². The van der Waals surface area contributed by atoms with Crippen molar-refractivity contribution in [2.24, 2.45) is 0 Å². The number of ether oxygens (including phenoxy) is 1. The minimum atomic E-state index is -0.841. The van der Waals surface area contributed by atoms with Crippen molar-refractivity contribution in [3.8, 4) is 36.5 Å². The number of H-pyrrole nitrogens is 1. The number of aromatic amines is 1. The summed E-state index contributed by atoms with van der Waals surface area (Å²) in [6, 6.07) is 0. The Morgan fingerprint density at radius 1 is 1.36 bits per heavy atom. The van der Waals surface area contributed by atoms with Crippen LogP contribution in [-0.2, 0) is 4.74 Å². The molecule has 0 spiro atoms. The smallest absolute Gasteiger partial charge is 0.263 e. The third-order valence-electron chi connectivity index (χ3n) is 4.29. The van der Waals surface area contributed by atoms with Crippen LogP contribution in [0.5, 0.6) is 0 Å². The summed E-state index contributed by atoms with van der Waals surface area (Å²) in [5, 5.41) is 23.8. The topological polar surface area (TPSA) is 116 Å². The molecule has 3 atom stereocenters. The number of rotatable bonds is 5. The van der Waals surface area contributed by atoms with Crippen molar-refractivity contribution in [1.29, 1.82) is 0 Å². The van der Waals surface area contributed by atoms with E-state index in [1.807, 2.05) is 0 Å². The molecule has 2 aromatic heterocycles. The van der Waals surface area contributed by atoms with Gasteiger partial charge in [0.05, 0.1) is 38.7 Å². The molecule has 0 bridgehead atoms. The highest BCUT2D eigenvalue weighted by molar-refractivity contribution is 5.80. The van der Waals surface area contributed by atoms with E-state index in [4.69, 9.17) is 17.6 Å². The maximum atomic E-state index is 12.3. The van der Waals surface area contributed by atoms with Crippen LogP contribution < -0.4 is 5.56 Å². The predicted octanol–water partition coefficient (Wildman–Crippen LogP) is -1.32. The zero-order chi connectivity index (χ0) is 20.1. The number of fused-ring (bicyclic) bond motifs is 1. The predicted molar refractivity (Wildman–Crippen MR) is 101 cm³/mol. The van der Waals surface area contributed by atoms with Crippen LogP contribution in [0.25, 0.3) is 11.0 Å². The Morgan fingerprint density at radius 2 is 2.11 bits per heavy atom. The van der Waals surface area contributed by atoms with E-state index < -0.39 is 18.4 Å². The van der Waals surface area contributed by atoms with Crippen molar-refractivity contribution in [2.75, 3.05) is 26.2 Å². The van der Waals surface area contributed by atoms with Crippen molar-refractivity contribution in [3.63, 3.8) is 0 Å². The molecule has 2 aromatic rings. The van der Waals surface area contributed by atoms with Gasteiger partial charge in [0, 0.05) is 6.42 Å². The molecule has 0 radical (unpaired) electrons. The second-order valence-corrected chi connectivity index (χ2v) is 6.19. The molecule has 1 fully saturated rings. The molecule has 0 aliphatic carbocycles. The van der Waals surface area contributed by atoms with E-state index in [2.05, 4.69) is 38.7 Å². The lowest BCUT2D eigenvalue weighted by molar-refractivity contribution is -0.0470. The molecule has 0 amide bonds. The van der Waals surface area contributed by atoms with E-state index in [0.717, 1.165) is 0 Å². The summed E-state index contributed by atoms with van der Waals surface area (Å²) in [5.74, 6) is 10.8. The van der Waals surface area contributed by atoms with Crippen LogP contribution in [0.3, 0.4) is 0 Å². The normalized spacial score (nSPS) is 21.2. The van der Waals surface area contributed by atoms with Crippen LogP contribution in [0.2, 0.25) is 0 Å². The van der Waals surface area contributed by atoms with Gasteiger partial charge in [0.15, 0.2) is 17.6 Å². The van der Waals surface area contributed by atoms with Gasteiger partial charge in [-0.1, -0.05) is 17.8 Å². The Morgan fingerprint density at radius 3 is 2.75 bits per heavy atom. The van der Waals surface area contributed by atoms with Crippen molar-refractivity contribution < 1.29 is 14.9 Å². The van der Waals surface area contributed by atoms with Gasteiger partial charge in [-0.25, -0.2) is 9.67 Å². The lowest BCUT2D eigenvalue weighted by atomic mass is 10.2. The molecular weight excluding hydrogens is 362 g/mol. The fourth-order valence-electron chi connectivity index (χ4n) is 2.96. The van der Waals surface area contributed by atoms with Gasteiger partial charge in [-0.3, -0.25) is 9.69 Å². The first-order chi connectivity index (χ1) is 13.6. The van der Waals surface area contributed by atoms with Gasteiger partial charge in [0.25, 0.3) is 5.56 Å². The molecule has 3 rings (SSSR count). The molecule has 9 nitrogen and oxygen atoms in total. The largest absolute Gasteiger partial charge is 0.394 e. The molecule has 3 heterocycles. The molecule has 1 aliphatic rings. The molecular formula is C19H19N5O4. The van der Waals surface area contributed by atoms with Crippen LogP contribution in [0, 0.1) is 36.5 Å². The van der Waals surface area contributed by atoms with Gasteiger partial charge < -0.3 is 19.9 Å². The lowest BCUT2D eigenvalue weighted by Crippen LogP contribution is -2.24. The number of hydrogen-bond acceptors (Lipinski definition) is 7. The van der Waals surface area contributed by atoms with Crippen LogP contribution >= 0.6 is 0 Å². The van der Waals surface area contributed by atoms with Crippen molar-refractivity contribution in [2.45, 2.75) is 24.9 Å². The van der Waals surface area contributed by atoms with E-state index in [0.29, 0.717) is 19.6 Å². The average Bonchev–Trinajstić information content (AvgIpc) is 3.23. The molecule has 9 heteroatoms. The summed E-state index contributed by atoms with van der Waals surface area (Å²) >= 11 is 0. The first-order valence-electron chi connectivity index (χ1n) is 8.57. The molecule has 0 aromatic carbocycles. The highest BCUT2D eigenvalue weighted by Gasteiger charge is 2.36. The Kier molecular flexibility index (Phi) is 6.10. The fraction of sp³-hybridized carbons (Fsp3) is 0.421. The minimum Gasteiger partial charge on any atom is -0.394 e. The van der Waals surface area contributed by atoms with E-state index in [-0.39, 0.29) is 35.3 Å². The number of nitrogens with one attached hydrogen (secondary N) is 1. The molecule has 1 aliphatic heterocycles. The fourth-order valence-corrected chi connectivity index (χ4v) is 2.96. The zero-order valence-corrected chi connectivity index (χ0v) is 15.0. The van der Waals surface area contributed by atoms with E-state index in [1.165, 1.54) is 11.0 Å². The van der Waals surface area contributed by atoms with Crippen LogP contribution in [-0.4, -0.2) is 73.3 Å². The number of aromatic nitrogens is 4. The Bertz CT molecular complexity index is 1030. The maximum Gasteiger partial charge on any atom is 0.263 e. The average molecular weight is 381 g/mol. The quantitative estimate of drug-likeness (QED) is 0.550. The molecule has 0 unspecified atom stereocenters. The summed E-state index contributed by atoms with van der Waals surface area (Å²) in [6.45, 7) is 0.697. The van der Waals surface area contributed by atoms with Crippen molar-refractivity contribution in [1.82, 2.24) is 24.6 Å². The standard InChI is InChI=1S/C19H19N5O4/c1-3-7-23(8-4-2)9-5-6-13-17-18(20-12-21-19(17)27)24(22-13)16-10-14(26)15(11-25)28-16/h1-2,12,14-16,25-26H,7-11H2,(H,20,21,27)/t14-,15+,16+/m0/s1. The summed E-state index contributed by atoms with van der Waals surface area (Å²) in [7, 11) is 0. The second-order valence-electron chi connectivity index (χ2n) is 6.19. The summed E-state index contributed by atoms with van der Waals surface area (Å²) < 4.78 is 7.04. The van der Waals surface area contributed by atoms with Gasteiger partial charge in [-0.2, -0.15) is 5.10 Å². The minimum absolute atomic E-state index is 0.210. The van der Waals surface area contributed by atoms with Gasteiger partial charge in [0.2, 0.25) is 0 Å². The Balaban J connectivity index is 1.95. The highest BCUT2D eigenvalue weighted by Crippen LogP contribution is 2.30. The lowest BCUT2D eigenvalue weighted by Gasteiger charge is -2.12. The molecule has 1 saturated heterocycles. The zero-order valence-electron chi connectivity index (χ0n) is 15.0. The summed E-state index contributed by atoms with van der Waals surface area (Å²) in [6.07, 6.45) is 9.87. The molecule has 0 saturated carbocycles. The van der Waals surface area contributed by atoms with Gasteiger partial charge in [-0.05, 0) is 5.92 Å². The number of hydrogen-bond donors (Lipinski definition) is 3. The number of aliphatic hydroxyl groups is 2. The van der Waals surface area contributed by atoms with Gasteiger partial charge in [-0.15, -0.1) is 12.8 Å².